The Morgan fingerprint density at radius 3 is 2.57 bits per heavy atom. The number of benzene rings is 1. The van der Waals surface area contributed by atoms with Gasteiger partial charge >= 0.3 is 6.18 Å². The third-order valence-electron chi connectivity index (χ3n) is 4.83. The highest BCUT2D eigenvalue weighted by Gasteiger charge is 2.44. The number of likely N-dealkylation sites (tertiary alicyclic amines) is 1. The zero-order chi connectivity index (χ0) is 20.6. The van der Waals surface area contributed by atoms with E-state index in [9.17, 15) is 27.2 Å². The van der Waals surface area contributed by atoms with Crippen LogP contribution in [0.1, 0.15) is 22.7 Å². The Morgan fingerprint density at radius 2 is 1.96 bits per heavy atom. The van der Waals surface area contributed by atoms with Gasteiger partial charge in [-0.25, -0.2) is 4.39 Å². The molecule has 148 valence electrons. The summed E-state index contributed by atoms with van der Waals surface area (Å²) >= 11 is 0. The highest BCUT2D eigenvalue weighted by Crippen LogP contribution is 2.35. The van der Waals surface area contributed by atoms with Gasteiger partial charge in [-0.1, -0.05) is 12.1 Å². The molecule has 0 unspecified atom stereocenters. The third kappa shape index (κ3) is 3.69. The summed E-state index contributed by atoms with van der Waals surface area (Å²) in [5.74, 6) is -3.42. The van der Waals surface area contributed by atoms with Crippen molar-refractivity contribution in [1.29, 1.82) is 0 Å². The van der Waals surface area contributed by atoms with E-state index in [1.807, 2.05) is 0 Å². The van der Waals surface area contributed by atoms with Gasteiger partial charge in [-0.05, 0) is 30.7 Å². The molecule has 1 saturated heterocycles. The number of amides is 2. The first-order valence-corrected chi connectivity index (χ1v) is 8.43. The number of alkyl halides is 3. The molecule has 28 heavy (non-hydrogen) atoms. The maximum Gasteiger partial charge on any atom is 0.433 e. The zero-order valence-corrected chi connectivity index (χ0v) is 15.0. The van der Waals surface area contributed by atoms with Crippen LogP contribution in [0.25, 0.3) is 0 Å². The number of carbonyl (C=O) groups excluding carboxylic acids is 2. The van der Waals surface area contributed by atoms with Crippen LogP contribution >= 0.6 is 0 Å². The molecule has 1 aromatic carbocycles. The van der Waals surface area contributed by atoms with Crippen molar-refractivity contribution in [3.05, 3.63) is 59.2 Å². The van der Waals surface area contributed by atoms with Crippen molar-refractivity contribution >= 4 is 17.5 Å². The van der Waals surface area contributed by atoms with E-state index in [2.05, 4.69) is 10.3 Å². The summed E-state index contributed by atoms with van der Waals surface area (Å²) in [4.78, 5) is 30.0. The van der Waals surface area contributed by atoms with Crippen LogP contribution in [0.3, 0.4) is 0 Å². The van der Waals surface area contributed by atoms with E-state index in [1.54, 1.807) is 0 Å². The minimum atomic E-state index is -4.58. The third-order valence-corrected chi connectivity index (χ3v) is 4.83. The molecule has 0 saturated carbocycles. The highest BCUT2D eigenvalue weighted by molar-refractivity contribution is 6.08. The summed E-state index contributed by atoms with van der Waals surface area (Å²) in [6, 6.07) is 6.23. The van der Waals surface area contributed by atoms with Crippen LogP contribution < -0.4 is 5.32 Å². The summed E-state index contributed by atoms with van der Waals surface area (Å²) in [7, 11) is 1.51. The number of nitrogens with zero attached hydrogens (tertiary/aromatic N) is 2. The van der Waals surface area contributed by atoms with Gasteiger partial charge in [0, 0.05) is 37.0 Å². The lowest BCUT2D eigenvalue weighted by molar-refractivity contribution is -0.141. The number of pyridine rings is 1. The van der Waals surface area contributed by atoms with Crippen molar-refractivity contribution in [3.8, 4) is 0 Å². The maximum atomic E-state index is 13.7. The van der Waals surface area contributed by atoms with Crippen molar-refractivity contribution in [2.24, 2.45) is 5.92 Å². The van der Waals surface area contributed by atoms with Crippen LogP contribution in [0.4, 0.5) is 23.2 Å². The van der Waals surface area contributed by atoms with Gasteiger partial charge < -0.3 is 10.2 Å². The SMILES string of the molecule is Cc1c(F)cccc1NC(=O)[C@H]1C(=O)N(C)C[C@@H]1c1ccc(C(F)(F)F)nc1. The van der Waals surface area contributed by atoms with Gasteiger partial charge in [-0.3, -0.25) is 14.6 Å². The summed E-state index contributed by atoms with van der Waals surface area (Å²) in [5.41, 5.74) is -0.244. The second-order valence-electron chi connectivity index (χ2n) is 6.68. The number of hydrogen-bond acceptors (Lipinski definition) is 3. The summed E-state index contributed by atoms with van der Waals surface area (Å²) in [6.07, 6.45) is -3.54. The van der Waals surface area contributed by atoms with Gasteiger partial charge in [0.2, 0.25) is 11.8 Å². The number of aromatic nitrogens is 1. The predicted molar refractivity (Wildman–Crippen MR) is 92.9 cm³/mol. The van der Waals surface area contributed by atoms with Gasteiger partial charge in [0.25, 0.3) is 0 Å². The van der Waals surface area contributed by atoms with E-state index < -0.39 is 41.3 Å². The quantitative estimate of drug-likeness (QED) is 0.640. The van der Waals surface area contributed by atoms with E-state index in [0.717, 1.165) is 12.3 Å². The molecule has 0 aliphatic carbocycles. The second kappa shape index (κ2) is 7.21. The first-order valence-electron chi connectivity index (χ1n) is 8.43. The van der Waals surface area contributed by atoms with Crippen molar-refractivity contribution in [1.82, 2.24) is 9.88 Å². The maximum absolute atomic E-state index is 13.7. The first kappa shape index (κ1) is 19.8. The average Bonchev–Trinajstić information content (AvgIpc) is 2.93. The molecule has 9 heteroatoms. The Kier molecular flexibility index (Phi) is 5.10. The number of nitrogens with one attached hydrogen (secondary N) is 1. The second-order valence-corrected chi connectivity index (χ2v) is 6.68. The summed E-state index contributed by atoms with van der Waals surface area (Å²) < 4.78 is 51.9. The fraction of sp³-hybridized carbons (Fsp3) is 0.316. The molecule has 1 aromatic heterocycles. The molecule has 3 rings (SSSR count). The molecule has 1 fully saturated rings. The number of carbonyl (C=O) groups is 2. The van der Waals surface area contributed by atoms with E-state index >= 15 is 0 Å². The van der Waals surface area contributed by atoms with Crippen molar-refractivity contribution in [2.75, 3.05) is 18.9 Å². The fourth-order valence-electron chi connectivity index (χ4n) is 3.24. The normalized spacial score (nSPS) is 19.8. The van der Waals surface area contributed by atoms with E-state index in [4.69, 9.17) is 0 Å². The van der Waals surface area contributed by atoms with E-state index in [0.29, 0.717) is 5.56 Å². The van der Waals surface area contributed by atoms with Gasteiger partial charge in [0.05, 0.1) is 0 Å². The molecule has 1 aliphatic rings. The summed E-state index contributed by atoms with van der Waals surface area (Å²) in [5, 5.41) is 2.55. The smallest absolute Gasteiger partial charge is 0.344 e. The lowest BCUT2D eigenvalue weighted by Gasteiger charge is -2.18. The number of anilines is 1. The standard InChI is InChI=1S/C19H17F4N3O2/c1-10-13(20)4-3-5-14(10)25-17(27)16-12(9-26(2)18(16)28)11-6-7-15(24-8-11)19(21,22)23/h3-8,12,16H,9H2,1-2H3,(H,25,27)/t12-,16+/m1/s1. The average molecular weight is 395 g/mol. The molecule has 2 heterocycles. The highest BCUT2D eigenvalue weighted by atomic mass is 19.4. The molecule has 0 spiro atoms. The van der Waals surface area contributed by atoms with E-state index in [1.165, 1.54) is 43.1 Å². The van der Waals surface area contributed by atoms with Crippen molar-refractivity contribution in [2.45, 2.75) is 19.0 Å². The van der Waals surface area contributed by atoms with Gasteiger partial charge in [-0.2, -0.15) is 13.2 Å². The van der Waals surface area contributed by atoms with Crippen LogP contribution in [0.5, 0.6) is 0 Å². The molecule has 1 aliphatic heterocycles. The largest absolute Gasteiger partial charge is 0.433 e. The molecule has 0 radical (unpaired) electrons. The number of hydrogen-bond donors (Lipinski definition) is 1. The molecule has 0 bridgehead atoms. The van der Waals surface area contributed by atoms with Gasteiger partial charge in [-0.15, -0.1) is 0 Å². The Hall–Kier alpha value is -2.97. The van der Waals surface area contributed by atoms with Crippen molar-refractivity contribution < 1.29 is 27.2 Å². The molecule has 1 N–H and O–H groups in total. The molecular formula is C19H17F4N3O2. The van der Waals surface area contributed by atoms with Crippen LogP contribution in [0.15, 0.2) is 36.5 Å². The molecular weight excluding hydrogens is 378 g/mol. The predicted octanol–water partition coefficient (Wildman–Crippen LogP) is 3.36. The number of rotatable bonds is 3. The Morgan fingerprint density at radius 1 is 1.25 bits per heavy atom. The lowest BCUT2D eigenvalue weighted by Crippen LogP contribution is -2.33. The minimum absolute atomic E-state index is 0.159. The summed E-state index contributed by atoms with van der Waals surface area (Å²) in [6.45, 7) is 1.65. The lowest BCUT2D eigenvalue weighted by atomic mass is 9.88. The zero-order valence-electron chi connectivity index (χ0n) is 15.0. The number of halogens is 4. The Bertz CT molecular complexity index is 912. The van der Waals surface area contributed by atoms with Gasteiger partial charge in [0.1, 0.15) is 17.4 Å². The molecule has 2 amide bonds. The van der Waals surface area contributed by atoms with Crippen LogP contribution in [0.2, 0.25) is 0 Å². The molecule has 2 atom stereocenters. The van der Waals surface area contributed by atoms with Crippen LogP contribution in [-0.4, -0.2) is 35.3 Å². The number of likely N-dealkylation sites (N-methyl/N-ethyl adjacent to an activating group) is 1. The Balaban J connectivity index is 1.88. The van der Waals surface area contributed by atoms with Crippen LogP contribution in [-0.2, 0) is 15.8 Å². The molecule has 2 aromatic rings. The Labute approximate surface area is 158 Å². The molecule has 5 nitrogen and oxygen atoms in total. The van der Waals surface area contributed by atoms with Crippen molar-refractivity contribution in [3.63, 3.8) is 0 Å². The van der Waals surface area contributed by atoms with E-state index in [-0.39, 0.29) is 17.8 Å². The van der Waals surface area contributed by atoms with Crippen LogP contribution in [0, 0.1) is 18.7 Å². The fourth-order valence-corrected chi connectivity index (χ4v) is 3.24. The first-order chi connectivity index (χ1) is 13.1. The minimum Gasteiger partial charge on any atom is -0.344 e. The monoisotopic (exact) mass is 395 g/mol. The topological polar surface area (TPSA) is 62.3 Å². The van der Waals surface area contributed by atoms with Gasteiger partial charge in [0.15, 0.2) is 0 Å².